The minimum Gasteiger partial charge on any atom is -0.346 e. The van der Waals surface area contributed by atoms with Gasteiger partial charge in [0.2, 0.25) is 0 Å². The van der Waals surface area contributed by atoms with Gasteiger partial charge < -0.3 is 5.32 Å². The van der Waals surface area contributed by atoms with Crippen LogP contribution in [0.2, 0.25) is 5.02 Å². The summed E-state index contributed by atoms with van der Waals surface area (Å²) >= 11 is 5.98. The van der Waals surface area contributed by atoms with E-state index in [-0.39, 0.29) is 22.5 Å². The molecule has 106 valence electrons. The quantitative estimate of drug-likeness (QED) is 0.905. The molecule has 0 spiro atoms. The number of H-pyrrole nitrogens is 1. The fourth-order valence-electron chi connectivity index (χ4n) is 1.63. The average molecular weight is 294 g/mol. The zero-order chi connectivity index (χ0) is 14.7. The number of nitrogens with one attached hydrogen (secondary N) is 2. The number of hydrogen-bond donors (Lipinski definition) is 2. The number of hydrogen-bond acceptors (Lipinski definition) is 4. The molecule has 0 saturated heterocycles. The van der Waals surface area contributed by atoms with E-state index in [0.29, 0.717) is 12.4 Å². The van der Waals surface area contributed by atoms with Gasteiger partial charge in [0.1, 0.15) is 11.5 Å². The molecule has 2 heterocycles. The van der Waals surface area contributed by atoms with Gasteiger partial charge in [0, 0.05) is 23.7 Å². The van der Waals surface area contributed by atoms with Crippen molar-refractivity contribution in [2.45, 2.75) is 33.2 Å². The van der Waals surface area contributed by atoms with Gasteiger partial charge in [-0.05, 0) is 6.92 Å². The summed E-state index contributed by atoms with van der Waals surface area (Å²) in [6.07, 6.45) is 3.14. The molecule has 0 saturated carbocycles. The first kappa shape index (κ1) is 14.5. The second kappa shape index (κ2) is 6.00. The van der Waals surface area contributed by atoms with E-state index in [1.807, 2.05) is 20.8 Å². The van der Waals surface area contributed by atoms with Gasteiger partial charge in [0.15, 0.2) is 0 Å². The minimum atomic E-state index is -0.320. The highest BCUT2D eigenvalue weighted by molar-refractivity contribution is 6.33. The van der Waals surface area contributed by atoms with Crippen molar-refractivity contribution in [3.05, 3.63) is 40.2 Å². The first-order valence-electron chi connectivity index (χ1n) is 6.28. The first-order chi connectivity index (χ1) is 9.49. The molecular formula is C13H16ClN5O. The number of carbonyl (C=O) groups excluding carboxylic acids is 1. The van der Waals surface area contributed by atoms with Gasteiger partial charge in [-0.2, -0.15) is 5.10 Å². The molecule has 0 radical (unpaired) electrons. The normalized spacial score (nSPS) is 10.8. The van der Waals surface area contributed by atoms with Crippen LogP contribution in [0.15, 0.2) is 12.4 Å². The highest BCUT2D eigenvalue weighted by Gasteiger charge is 2.15. The van der Waals surface area contributed by atoms with Gasteiger partial charge in [-0.3, -0.25) is 9.89 Å². The Labute approximate surface area is 122 Å². The van der Waals surface area contributed by atoms with Crippen LogP contribution in [0, 0.1) is 6.92 Å². The van der Waals surface area contributed by atoms with Gasteiger partial charge in [-0.15, -0.1) is 0 Å². The Bertz CT molecular complexity index is 623. The highest BCUT2D eigenvalue weighted by Crippen LogP contribution is 2.16. The zero-order valence-corrected chi connectivity index (χ0v) is 12.3. The minimum absolute atomic E-state index is 0.134. The third kappa shape index (κ3) is 3.14. The van der Waals surface area contributed by atoms with E-state index in [1.54, 1.807) is 6.20 Å². The van der Waals surface area contributed by atoms with E-state index in [2.05, 4.69) is 25.5 Å². The summed E-state index contributed by atoms with van der Waals surface area (Å²) < 4.78 is 0. The molecule has 2 aromatic heterocycles. The third-order valence-corrected chi connectivity index (χ3v) is 3.14. The van der Waals surface area contributed by atoms with E-state index in [4.69, 9.17) is 11.6 Å². The molecule has 2 rings (SSSR count). The second-order valence-corrected chi connectivity index (χ2v) is 5.19. The topological polar surface area (TPSA) is 83.6 Å². The molecule has 0 bridgehead atoms. The number of aromatic nitrogens is 4. The van der Waals surface area contributed by atoms with Crippen molar-refractivity contribution >= 4 is 17.5 Å². The van der Waals surface area contributed by atoms with E-state index in [9.17, 15) is 4.79 Å². The molecule has 7 heteroatoms. The van der Waals surface area contributed by atoms with E-state index in [0.717, 1.165) is 11.3 Å². The number of amides is 1. The monoisotopic (exact) mass is 293 g/mol. The Balaban J connectivity index is 2.13. The van der Waals surface area contributed by atoms with Gasteiger partial charge in [-0.1, -0.05) is 25.4 Å². The Morgan fingerprint density at radius 1 is 1.45 bits per heavy atom. The lowest BCUT2D eigenvalue weighted by Crippen LogP contribution is -2.25. The second-order valence-electron chi connectivity index (χ2n) is 4.78. The van der Waals surface area contributed by atoms with Crippen molar-refractivity contribution in [3.63, 3.8) is 0 Å². The van der Waals surface area contributed by atoms with Crippen molar-refractivity contribution in [2.24, 2.45) is 0 Å². The van der Waals surface area contributed by atoms with Crippen LogP contribution in [0.25, 0.3) is 0 Å². The number of halogens is 1. The van der Waals surface area contributed by atoms with E-state index in [1.165, 1.54) is 6.20 Å². The molecule has 0 unspecified atom stereocenters. The maximum absolute atomic E-state index is 12.1. The molecule has 2 aromatic rings. The van der Waals surface area contributed by atoms with Crippen molar-refractivity contribution in [1.82, 2.24) is 25.5 Å². The molecule has 20 heavy (non-hydrogen) atoms. The largest absolute Gasteiger partial charge is 0.346 e. The number of carbonyl (C=O) groups is 1. The molecule has 0 aromatic carbocycles. The highest BCUT2D eigenvalue weighted by atomic mass is 35.5. The van der Waals surface area contributed by atoms with Crippen molar-refractivity contribution < 1.29 is 4.79 Å². The lowest BCUT2D eigenvalue weighted by molar-refractivity contribution is 0.0945. The fraction of sp³-hybridized carbons (Fsp3) is 0.385. The SMILES string of the molecule is Cc1[nH]ncc1CNC(=O)c1nc(C(C)C)ncc1Cl. The molecule has 0 aliphatic heterocycles. The number of aromatic amines is 1. The maximum Gasteiger partial charge on any atom is 0.271 e. The van der Waals surface area contributed by atoms with Crippen molar-refractivity contribution in [1.29, 1.82) is 0 Å². The number of aryl methyl sites for hydroxylation is 1. The Hall–Kier alpha value is -1.95. The lowest BCUT2D eigenvalue weighted by atomic mass is 10.2. The molecule has 6 nitrogen and oxygen atoms in total. The Kier molecular flexibility index (Phi) is 4.34. The summed E-state index contributed by atoms with van der Waals surface area (Å²) in [5.74, 6) is 0.411. The molecule has 0 aliphatic rings. The third-order valence-electron chi connectivity index (χ3n) is 2.87. The molecule has 1 amide bonds. The standard InChI is InChI=1S/C13H16ClN5O/c1-7(2)12-15-6-10(14)11(18-12)13(20)16-4-9-5-17-19-8(9)3/h5-7H,4H2,1-3H3,(H,16,20)(H,17,19). The molecule has 0 aliphatic carbocycles. The Morgan fingerprint density at radius 3 is 2.80 bits per heavy atom. The summed E-state index contributed by atoms with van der Waals surface area (Å²) in [5.41, 5.74) is 2.04. The van der Waals surface area contributed by atoms with Crippen molar-refractivity contribution in [2.75, 3.05) is 0 Å². The molecular weight excluding hydrogens is 278 g/mol. The van der Waals surface area contributed by atoms with Crippen LogP contribution in [-0.4, -0.2) is 26.1 Å². The summed E-state index contributed by atoms with van der Waals surface area (Å²) in [6, 6.07) is 0. The van der Waals surface area contributed by atoms with Gasteiger partial charge in [0.25, 0.3) is 5.91 Å². The zero-order valence-electron chi connectivity index (χ0n) is 11.6. The summed E-state index contributed by atoms with van der Waals surface area (Å²) in [7, 11) is 0. The van der Waals surface area contributed by atoms with Crippen LogP contribution < -0.4 is 5.32 Å². The van der Waals surface area contributed by atoms with Crippen LogP contribution in [-0.2, 0) is 6.54 Å². The predicted molar refractivity (Wildman–Crippen MR) is 75.6 cm³/mol. The number of rotatable bonds is 4. The first-order valence-corrected chi connectivity index (χ1v) is 6.66. The van der Waals surface area contributed by atoms with Crippen LogP contribution in [0.5, 0.6) is 0 Å². The Morgan fingerprint density at radius 2 is 2.20 bits per heavy atom. The van der Waals surface area contributed by atoms with Crippen LogP contribution in [0.3, 0.4) is 0 Å². The summed E-state index contributed by atoms with van der Waals surface area (Å²) in [5, 5.41) is 9.74. The number of nitrogens with zero attached hydrogens (tertiary/aromatic N) is 3. The summed E-state index contributed by atoms with van der Waals surface area (Å²) in [6.45, 7) is 6.18. The molecule has 0 atom stereocenters. The maximum atomic E-state index is 12.1. The van der Waals surface area contributed by atoms with Crippen molar-refractivity contribution in [3.8, 4) is 0 Å². The lowest BCUT2D eigenvalue weighted by Gasteiger charge is -2.08. The van der Waals surface area contributed by atoms with E-state index < -0.39 is 0 Å². The average Bonchev–Trinajstić information content (AvgIpc) is 2.81. The van der Waals surface area contributed by atoms with E-state index >= 15 is 0 Å². The van der Waals surface area contributed by atoms with Crippen LogP contribution in [0.1, 0.15) is 47.3 Å². The van der Waals surface area contributed by atoms with Gasteiger partial charge >= 0.3 is 0 Å². The summed E-state index contributed by atoms with van der Waals surface area (Å²) in [4.78, 5) is 20.5. The predicted octanol–water partition coefficient (Wildman–Crippen LogP) is 2.21. The van der Waals surface area contributed by atoms with Crippen LogP contribution >= 0.6 is 11.6 Å². The van der Waals surface area contributed by atoms with Gasteiger partial charge in [0.05, 0.1) is 17.4 Å². The molecule has 0 fully saturated rings. The fourth-order valence-corrected chi connectivity index (χ4v) is 1.81. The van der Waals surface area contributed by atoms with Crippen LogP contribution in [0.4, 0.5) is 0 Å². The smallest absolute Gasteiger partial charge is 0.271 e. The molecule has 2 N–H and O–H groups in total. The van der Waals surface area contributed by atoms with Gasteiger partial charge in [-0.25, -0.2) is 9.97 Å².